The van der Waals surface area contributed by atoms with Gasteiger partial charge in [0.2, 0.25) is 0 Å². The number of hydrogen-bond acceptors (Lipinski definition) is 3. The molecule has 1 aromatic heterocycles. The van der Waals surface area contributed by atoms with Crippen LogP contribution in [0.5, 0.6) is 0 Å². The van der Waals surface area contributed by atoms with Crippen molar-refractivity contribution in [3.8, 4) is 11.4 Å². The summed E-state index contributed by atoms with van der Waals surface area (Å²) in [5, 5.41) is 1.75. The SMILES string of the molecule is CN(C)c1ccc(-c2nc(Cl)c3cccc(Cl)c3n2)cc1. The molecule has 3 rings (SSSR count). The second kappa shape index (κ2) is 5.51. The van der Waals surface area contributed by atoms with Gasteiger partial charge < -0.3 is 4.90 Å². The lowest BCUT2D eigenvalue weighted by atomic mass is 10.1. The van der Waals surface area contributed by atoms with E-state index in [-0.39, 0.29) is 0 Å². The van der Waals surface area contributed by atoms with Crippen molar-refractivity contribution in [3.63, 3.8) is 0 Å². The highest BCUT2D eigenvalue weighted by molar-refractivity contribution is 6.38. The molecule has 0 saturated heterocycles. The zero-order valence-electron chi connectivity index (χ0n) is 11.6. The quantitative estimate of drug-likeness (QED) is 0.643. The minimum Gasteiger partial charge on any atom is -0.378 e. The molecule has 0 N–H and O–H groups in total. The lowest BCUT2D eigenvalue weighted by Gasteiger charge is -2.12. The Hall–Kier alpha value is -1.84. The fourth-order valence-corrected chi connectivity index (χ4v) is 2.57. The van der Waals surface area contributed by atoms with Gasteiger partial charge in [-0.1, -0.05) is 29.3 Å². The fraction of sp³-hybridized carbons (Fsp3) is 0.125. The largest absolute Gasteiger partial charge is 0.378 e. The third kappa shape index (κ3) is 2.67. The highest BCUT2D eigenvalue weighted by Gasteiger charge is 2.10. The van der Waals surface area contributed by atoms with Gasteiger partial charge in [0.15, 0.2) is 5.82 Å². The van der Waals surface area contributed by atoms with E-state index in [9.17, 15) is 0 Å². The van der Waals surface area contributed by atoms with Crippen LogP contribution in [0, 0.1) is 0 Å². The second-order valence-corrected chi connectivity index (χ2v) is 5.68. The number of anilines is 1. The third-order valence-corrected chi connectivity index (χ3v) is 3.87. The molecule has 0 saturated carbocycles. The maximum atomic E-state index is 6.25. The van der Waals surface area contributed by atoms with Crippen LogP contribution >= 0.6 is 23.2 Å². The van der Waals surface area contributed by atoms with E-state index in [1.54, 1.807) is 6.07 Å². The molecule has 0 atom stereocenters. The smallest absolute Gasteiger partial charge is 0.161 e. The first-order valence-corrected chi connectivity index (χ1v) is 7.21. The van der Waals surface area contributed by atoms with Crippen LogP contribution in [-0.2, 0) is 0 Å². The first kappa shape index (κ1) is 14.1. The molecule has 0 bridgehead atoms. The topological polar surface area (TPSA) is 29.0 Å². The summed E-state index contributed by atoms with van der Waals surface area (Å²) in [4.78, 5) is 10.9. The summed E-state index contributed by atoms with van der Waals surface area (Å²) in [5.74, 6) is 0.575. The van der Waals surface area contributed by atoms with Crippen molar-refractivity contribution in [2.24, 2.45) is 0 Å². The Morgan fingerprint density at radius 3 is 2.29 bits per heavy atom. The molecule has 0 aliphatic rings. The number of para-hydroxylation sites is 1. The van der Waals surface area contributed by atoms with E-state index in [1.807, 2.05) is 55.4 Å². The standard InChI is InChI=1S/C16H13Cl2N3/c1-21(2)11-8-6-10(7-9-11)16-19-14-12(15(18)20-16)4-3-5-13(14)17/h3-9H,1-2H3. The van der Waals surface area contributed by atoms with Gasteiger partial charge in [0.1, 0.15) is 5.15 Å². The van der Waals surface area contributed by atoms with E-state index in [4.69, 9.17) is 23.2 Å². The number of aromatic nitrogens is 2. The van der Waals surface area contributed by atoms with Gasteiger partial charge in [0, 0.05) is 30.7 Å². The molecule has 2 aromatic carbocycles. The average molecular weight is 318 g/mol. The van der Waals surface area contributed by atoms with Crippen LogP contribution in [0.1, 0.15) is 0 Å². The van der Waals surface area contributed by atoms with Crippen molar-refractivity contribution in [2.45, 2.75) is 0 Å². The van der Waals surface area contributed by atoms with Crippen LogP contribution in [0.15, 0.2) is 42.5 Å². The van der Waals surface area contributed by atoms with E-state index in [0.717, 1.165) is 16.6 Å². The second-order valence-electron chi connectivity index (χ2n) is 4.92. The van der Waals surface area contributed by atoms with E-state index in [2.05, 4.69) is 9.97 Å². The first-order chi connectivity index (χ1) is 10.1. The van der Waals surface area contributed by atoms with E-state index >= 15 is 0 Å². The van der Waals surface area contributed by atoms with Crippen molar-refractivity contribution in [1.82, 2.24) is 9.97 Å². The normalized spacial score (nSPS) is 10.9. The van der Waals surface area contributed by atoms with E-state index in [1.165, 1.54) is 0 Å². The molecule has 5 heteroatoms. The van der Waals surface area contributed by atoms with Gasteiger partial charge in [-0.15, -0.1) is 0 Å². The molecule has 1 heterocycles. The Labute approximate surface area is 133 Å². The lowest BCUT2D eigenvalue weighted by Crippen LogP contribution is -2.08. The highest BCUT2D eigenvalue weighted by atomic mass is 35.5. The monoisotopic (exact) mass is 317 g/mol. The molecule has 0 amide bonds. The Morgan fingerprint density at radius 1 is 0.905 bits per heavy atom. The van der Waals surface area contributed by atoms with Crippen molar-refractivity contribution >= 4 is 39.8 Å². The van der Waals surface area contributed by atoms with Gasteiger partial charge in [0.25, 0.3) is 0 Å². The van der Waals surface area contributed by atoms with Gasteiger partial charge in [-0.05, 0) is 36.4 Å². The Morgan fingerprint density at radius 2 is 1.62 bits per heavy atom. The molecular weight excluding hydrogens is 305 g/mol. The number of benzene rings is 2. The Kier molecular flexibility index (Phi) is 3.70. The molecule has 21 heavy (non-hydrogen) atoms. The summed E-state index contributed by atoms with van der Waals surface area (Å²) in [6.45, 7) is 0. The third-order valence-electron chi connectivity index (χ3n) is 3.27. The number of halogens is 2. The van der Waals surface area contributed by atoms with Crippen LogP contribution in [0.2, 0.25) is 10.2 Å². The van der Waals surface area contributed by atoms with Gasteiger partial charge in [-0.25, -0.2) is 9.97 Å². The summed E-state index contributed by atoms with van der Waals surface area (Å²) in [6, 6.07) is 13.5. The summed E-state index contributed by atoms with van der Waals surface area (Å²) in [6.07, 6.45) is 0. The van der Waals surface area contributed by atoms with Crippen LogP contribution in [-0.4, -0.2) is 24.1 Å². The maximum absolute atomic E-state index is 6.25. The molecule has 106 valence electrons. The molecular formula is C16H13Cl2N3. The first-order valence-electron chi connectivity index (χ1n) is 6.46. The minimum atomic E-state index is 0.411. The lowest BCUT2D eigenvalue weighted by molar-refractivity contribution is 1.13. The Bertz CT molecular complexity index is 798. The van der Waals surface area contributed by atoms with Crippen molar-refractivity contribution in [2.75, 3.05) is 19.0 Å². The molecule has 0 aliphatic carbocycles. The summed E-state index contributed by atoms with van der Waals surface area (Å²) in [7, 11) is 4.00. The van der Waals surface area contributed by atoms with Crippen molar-refractivity contribution in [1.29, 1.82) is 0 Å². The molecule has 3 aromatic rings. The average Bonchev–Trinajstić information content (AvgIpc) is 2.48. The Balaban J connectivity index is 2.14. The van der Waals surface area contributed by atoms with Crippen molar-refractivity contribution < 1.29 is 0 Å². The van der Waals surface area contributed by atoms with E-state index < -0.39 is 0 Å². The van der Waals surface area contributed by atoms with Crippen molar-refractivity contribution in [3.05, 3.63) is 52.6 Å². The molecule has 0 spiro atoms. The molecule has 0 aliphatic heterocycles. The van der Waals surface area contributed by atoms with Gasteiger partial charge in [-0.2, -0.15) is 0 Å². The van der Waals surface area contributed by atoms with Gasteiger partial charge in [0.05, 0.1) is 10.5 Å². The zero-order valence-corrected chi connectivity index (χ0v) is 13.2. The molecule has 0 fully saturated rings. The maximum Gasteiger partial charge on any atom is 0.161 e. The number of hydrogen-bond donors (Lipinski definition) is 0. The number of nitrogens with zero attached hydrogens (tertiary/aromatic N) is 3. The molecule has 0 radical (unpaired) electrons. The minimum absolute atomic E-state index is 0.411. The van der Waals surface area contributed by atoms with Crippen LogP contribution in [0.3, 0.4) is 0 Å². The zero-order chi connectivity index (χ0) is 15.0. The summed E-state index contributed by atoms with van der Waals surface area (Å²) < 4.78 is 0. The van der Waals surface area contributed by atoms with Crippen LogP contribution < -0.4 is 4.90 Å². The van der Waals surface area contributed by atoms with Crippen LogP contribution in [0.4, 0.5) is 5.69 Å². The molecule has 0 unspecified atom stereocenters. The summed E-state index contributed by atoms with van der Waals surface area (Å²) >= 11 is 12.4. The molecule has 3 nitrogen and oxygen atoms in total. The van der Waals surface area contributed by atoms with E-state index in [0.29, 0.717) is 21.5 Å². The van der Waals surface area contributed by atoms with Crippen LogP contribution in [0.25, 0.3) is 22.3 Å². The fourth-order valence-electron chi connectivity index (χ4n) is 2.12. The number of rotatable bonds is 2. The predicted molar refractivity (Wildman–Crippen MR) is 89.3 cm³/mol. The number of fused-ring (bicyclic) bond motifs is 1. The van der Waals surface area contributed by atoms with Gasteiger partial charge >= 0.3 is 0 Å². The summed E-state index contributed by atoms with van der Waals surface area (Å²) in [5.41, 5.74) is 2.69. The predicted octanol–water partition coefficient (Wildman–Crippen LogP) is 4.67. The highest BCUT2D eigenvalue weighted by Crippen LogP contribution is 2.29. The van der Waals surface area contributed by atoms with Gasteiger partial charge in [-0.3, -0.25) is 0 Å².